The van der Waals surface area contributed by atoms with Crippen molar-refractivity contribution in [3.05, 3.63) is 0 Å². The summed E-state index contributed by atoms with van der Waals surface area (Å²) in [4.78, 5) is 2.40. The van der Waals surface area contributed by atoms with Gasteiger partial charge in [-0.25, -0.2) is 0 Å². The van der Waals surface area contributed by atoms with E-state index >= 15 is 0 Å². The predicted molar refractivity (Wildman–Crippen MR) is 62.5 cm³/mol. The molecule has 0 atom stereocenters. The maximum atomic E-state index is 5.46. The summed E-state index contributed by atoms with van der Waals surface area (Å²) in [5.74, 6) is 0. The van der Waals surface area contributed by atoms with Gasteiger partial charge in [0.25, 0.3) is 0 Å². The lowest BCUT2D eigenvalue weighted by atomic mass is 10.3. The van der Waals surface area contributed by atoms with Gasteiger partial charge < -0.3 is 28.3 Å². The summed E-state index contributed by atoms with van der Waals surface area (Å²) in [7, 11) is 0. The van der Waals surface area contributed by atoms with Gasteiger partial charge in [0.1, 0.15) is 0 Å². The fourth-order valence-electron chi connectivity index (χ4n) is 1.28. The number of nitrogens with two attached hydrogens (primary N) is 3. The second kappa shape index (κ2) is 12.8. The van der Waals surface area contributed by atoms with Crippen LogP contribution in [0.2, 0.25) is 0 Å². The SMILES string of the molecule is N.NCCCN(CCCN)CCCN. The van der Waals surface area contributed by atoms with Crippen LogP contribution < -0.4 is 23.4 Å². The van der Waals surface area contributed by atoms with Crippen LogP contribution in [0.4, 0.5) is 0 Å². The van der Waals surface area contributed by atoms with Crippen molar-refractivity contribution in [1.29, 1.82) is 0 Å². The van der Waals surface area contributed by atoms with Crippen molar-refractivity contribution in [1.82, 2.24) is 11.1 Å². The Labute approximate surface area is 87.6 Å². The van der Waals surface area contributed by atoms with Crippen molar-refractivity contribution >= 4 is 0 Å². The lowest BCUT2D eigenvalue weighted by molar-refractivity contribution is 0.268. The molecule has 0 saturated heterocycles. The summed E-state index contributed by atoms with van der Waals surface area (Å²) in [6, 6.07) is 0. The molecule has 0 aromatic heterocycles. The van der Waals surface area contributed by atoms with Crippen molar-refractivity contribution in [2.24, 2.45) is 17.2 Å². The Hall–Kier alpha value is -0.200. The van der Waals surface area contributed by atoms with E-state index < -0.39 is 0 Å². The molecule has 0 saturated carbocycles. The molecule has 0 aromatic carbocycles. The summed E-state index contributed by atoms with van der Waals surface area (Å²) in [6.45, 7) is 5.54. The predicted octanol–water partition coefficient (Wildman–Crippen LogP) is -0.503. The molecule has 0 unspecified atom stereocenters. The highest BCUT2D eigenvalue weighted by Gasteiger charge is 2.02. The fraction of sp³-hybridized carbons (Fsp3) is 1.00. The Balaban J connectivity index is 0. The van der Waals surface area contributed by atoms with Gasteiger partial charge >= 0.3 is 0 Å². The first-order valence-electron chi connectivity index (χ1n) is 5.17. The van der Waals surface area contributed by atoms with Gasteiger partial charge in [0, 0.05) is 0 Å². The standard InChI is InChI=1S/C9H24N4.H3N/c10-4-1-7-13(8-2-5-11)9-3-6-12;/h1-12H2;1H3. The fourth-order valence-corrected chi connectivity index (χ4v) is 1.28. The van der Waals surface area contributed by atoms with E-state index in [0.717, 1.165) is 58.5 Å². The van der Waals surface area contributed by atoms with Crippen LogP contribution >= 0.6 is 0 Å². The van der Waals surface area contributed by atoms with Gasteiger partial charge in [-0.15, -0.1) is 0 Å². The van der Waals surface area contributed by atoms with Crippen molar-refractivity contribution in [2.75, 3.05) is 39.3 Å². The number of rotatable bonds is 9. The Morgan fingerprint density at radius 1 is 0.643 bits per heavy atom. The molecule has 0 aliphatic heterocycles. The summed E-state index contributed by atoms with van der Waals surface area (Å²) in [6.07, 6.45) is 3.19. The van der Waals surface area contributed by atoms with E-state index in [1.165, 1.54) is 0 Å². The molecule has 0 spiro atoms. The van der Waals surface area contributed by atoms with E-state index in [2.05, 4.69) is 4.90 Å². The molecule has 9 N–H and O–H groups in total. The highest BCUT2D eigenvalue weighted by Crippen LogP contribution is 1.94. The molecule has 0 fully saturated rings. The van der Waals surface area contributed by atoms with Crippen LogP contribution in [0.3, 0.4) is 0 Å². The van der Waals surface area contributed by atoms with Gasteiger partial charge in [-0.1, -0.05) is 0 Å². The monoisotopic (exact) mass is 205 g/mol. The average Bonchev–Trinajstić information content (AvgIpc) is 2.17. The van der Waals surface area contributed by atoms with Crippen molar-refractivity contribution in [3.63, 3.8) is 0 Å². The number of nitrogens with zero attached hydrogens (tertiary/aromatic N) is 1. The lowest BCUT2D eigenvalue weighted by Gasteiger charge is -2.21. The minimum absolute atomic E-state index is 0. The maximum Gasteiger partial charge on any atom is -0.000670 e. The first kappa shape index (κ1) is 16.2. The van der Waals surface area contributed by atoms with Crippen LogP contribution in [-0.4, -0.2) is 44.2 Å². The van der Waals surface area contributed by atoms with Gasteiger partial charge in [-0.3, -0.25) is 0 Å². The van der Waals surface area contributed by atoms with E-state index in [1.54, 1.807) is 0 Å². The van der Waals surface area contributed by atoms with Crippen LogP contribution in [0, 0.1) is 0 Å². The van der Waals surface area contributed by atoms with Crippen LogP contribution in [0.5, 0.6) is 0 Å². The zero-order chi connectivity index (χ0) is 9.94. The highest BCUT2D eigenvalue weighted by atomic mass is 15.1. The topological polar surface area (TPSA) is 116 Å². The molecule has 5 nitrogen and oxygen atoms in total. The van der Waals surface area contributed by atoms with Crippen molar-refractivity contribution < 1.29 is 0 Å². The van der Waals surface area contributed by atoms with Crippen LogP contribution in [0.1, 0.15) is 19.3 Å². The lowest BCUT2D eigenvalue weighted by Crippen LogP contribution is -2.30. The Morgan fingerprint density at radius 3 is 1.14 bits per heavy atom. The third-order valence-corrected chi connectivity index (χ3v) is 2.04. The molecule has 0 bridgehead atoms. The molecule has 5 heteroatoms. The van der Waals surface area contributed by atoms with Gasteiger partial charge in [0.15, 0.2) is 0 Å². The van der Waals surface area contributed by atoms with E-state index in [-0.39, 0.29) is 6.15 Å². The third-order valence-electron chi connectivity index (χ3n) is 2.04. The number of hydrogen-bond acceptors (Lipinski definition) is 5. The van der Waals surface area contributed by atoms with Crippen LogP contribution in [0.25, 0.3) is 0 Å². The van der Waals surface area contributed by atoms with Crippen molar-refractivity contribution in [2.45, 2.75) is 19.3 Å². The minimum Gasteiger partial charge on any atom is -0.344 e. The van der Waals surface area contributed by atoms with E-state index in [0.29, 0.717) is 0 Å². The Bertz CT molecular complexity index is 80.2. The summed E-state index contributed by atoms with van der Waals surface area (Å²) < 4.78 is 0. The molecule has 0 aromatic rings. The average molecular weight is 205 g/mol. The minimum atomic E-state index is 0. The van der Waals surface area contributed by atoms with E-state index in [1.807, 2.05) is 0 Å². The summed E-state index contributed by atoms with van der Waals surface area (Å²) in [5.41, 5.74) is 16.4. The largest absolute Gasteiger partial charge is 0.344 e. The molecule has 0 aliphatic carbocycles. The number of hydrogen-bond donors (Lipinski definition) is 4. The van der Waals surface area contributed by atoms with Gasteiger partial charge in [0.05, 0.1) is 0 Å². The molecule has 0 rings (SSSR count). The van der Waals surface area contributed by atoms with Crippen LogP contribution in [-0.2, 0) is 0 Å². The zero-order valence-electron chi connectivity index (χ0n) is 9.25. The summed E-state index contributed by atoms with van der Waals surface area (Å²) >= 11 is 0. The molecule has 0 amide bonds. The van der Waals surface area contributed by atoms with Gasteiger partial charge in [0.2, 0.25) is 0 Å². The van der Waals surface area contributed by atoms with E-state index in [4.69, 9.17) is 17.2 Å². The Morgan fingerprint density at radius 2 is 0.929 bits per heavy atom. The normalized spacial score (nSPS) is 10.3. The highest BCUT2D eigenvalue weighted by molar-refractivity contribution is 4.59. The first-order valence-corrected chi connectivity index (χ1v) is 5.17. The second-order valence-corrected chi connectivity index (χ2v) is 3.27. The smallest absolute Gasteiger partial charge is 0.000670 e. The maximum absolute atomic E-state index is 5.46. The quantitative estimate of drug-likeness (QED) is 0.405. The molecular weight excluding hydrogens is 178 g/mol. The van der Waals surface area contributed by atoms with E-state index in [9.17, 15) is 0 Å². The molecular formula is C9H27N5. The van der Waals surface area contributed by atoms with Gasteiger partial charge in [-0.05, 0) is 58.5 Å². The molecule has 0 aliphatic rings. The molecule has 88 valence electrons. The zero-order valence-corrected chi connectivity index (χ0v) is 9.25. The first-order chi connectivity index (χ1) is 6.35. The van der Waals surface area contributed by atoms with Gasteiger partial charge in [-0.2, -0.15) is 0 Å². The molecule has 0 heterocycles. The van der Waals surface area contributed by atoms with Crippen LogP contribution in [0.15, 0.2) is 0 Å². The second-order valence-electron chi connectivity index (χ2n) is 3.27. The third kappa shape index (κ3) is 9.88. The summed E-state index contributed by atoms with van der Waals surface area (Å²) in [5, 5.41) is 0. The Kier molecular flexibility index (Phi) is 14.8. The van der Waals surface area contributed by atoms with Crippen molar-refractivity contribution in [3.8, 4) is 0 Å². The molecule has 14 heavy (non-hydrogen) atoms. The molecule has 0 radical (unpaired) electrons.